The van der Waals surface area contributed by atoms with E-state index in [1.165, 1.54) is 17.7 Å². The molecule has 0 spiro atoms. The van der Waals surface area contributed by atoms with Gasteiger partial charge >= 0.3 is 0 Å². The van der Waals surface area contributed by atoms with Gasteiger partial charge in [-0.3, -0.25) is 4.79 Å². The Morgan fingerprint density at radius 1 is 1.07 bits per heavy atom. The first-order valence-electron chi connectivity index (χ1n) is 9.36. The summed E-state index contributed by atoms with van der Waals surface area (Å²) in [5.74, 6) is -0.247. The molecule has 1 unspecified atom stereocenters. The van der Waals surface area contributed by atoms with Crippen molar-refractivity contribution in [2.45, 2.75) is 25.3 Å². The van der Waals surface area contributed by atoms with E-state index in [2.05, 4.69) is 17.4 Å². The van der Waals surface area contributed by atoms with Crippen LogP contribution in [0.15, 0.2) is 54.6 Å². The maximum atomic E-state index is 13.1. The molecule has 0 saturated carbocycles. The average molecular weight is 372 g/mol. The molecule has 0 bridgehead atoms. The lowest BCUT2D eigenvalue weighted by Gasteiger charge is -2.25. The zero-order valence-corrected chi connectivity index (χ0v) is 16.2. The first-order chi connectivity index (χ1) is 13.1. The van der Waals surface area contributed by atoms with Crippen LogP contribution in [-0.2, 0) is 16.0 Å². The van der Waals surface area contributed by atoms with Crippen LogP contribution in [0.25, 0.3) is 0 Å². The standard InChI is InChI=1S/C22H29FN2O2/c1-25(2)21(19-10-12-20(23)13-11-19)17-24-22(26)9-6-15-27-16-14-18-7-4-3-5-8-18/h3-5,7-8,10-13,21H,6,9,14-17H2,1-2H3,(H,24,26). The van der Waals surface area contributed by atoms with Crippen LogP contribution < -0.4 is 5.32 Å². The van der Waals surface area contributed by atoms with Crippen LogP contribution in [-0.4, -0.2) is 44.7 Å². The molecule has 2 aromatic rings. The summed E-state index contributed by atoms with van der Waals surface area (Å²) in [6.45, 7) is 1.74. The van der Waals surface area contributed by atoms with E-state index in [-0.39, 0.29) is 17.8 Å². The zero-order chi connectivity index (χ0) is 19.5. The molecule has 0 saturated heterocycles. The number of hydrogen-bond acceptors (Lipinski definition) is 3. The SMILES string of the molecule is CN(C)C(CNC(=O)CCCOCCc1ccccc1)c1ccc(F)cc1. The number of rotatable bonds is 11. The molecule has 0 aliphatic heterocycles. The Balaban J connectivity index is 1.62. The number of halogens is 1. The summed E-state index contributed by atoms with van der Waals surface area (Å²) in [7, 11) is 3.89. The van der Waals surface area contributed by atoms with Crippen molar-refractivity contribution < 1.29 is 13.9 Å². The smallest absolute Gasteiger partial charge is 0.220 e. The van der Waals surface area contributed by atoms with Crippen molar-refractivity contribution in [2.75, 3.05) is 33.9 Å². The van der Waals surface area contributed by atoms with E-state index in [1.807, 2.05) is 37.2 Å². The number of benzene rings is 2. The van der Waals surface area contributed by atoms with Gasteiger partial charge < -0.3 is 15.0 Å². The molecule has 1 atom stereocenters. The van der Waals surface area contributed by atoms with E-state index >= 15 is 0 Å². The van der Waals surface area contributed by atoms with Crippen molar-refractivity contribution in [1.82, 2.24) is 10.2 Å². The van der Waals surface area contributed by atoms with E-state index in [1.54, 1.807) is 12.1 Å². The summed E-state index contributed by atoms with van der Waals surface area (Å²) in [5.41, 5.74) is 2.23. The number of ether oxygens (including phenoxy) is 1. The van der Waals surface area contributed by atoms with Crippen LogP contribution in [0.2, 0.25) is 0 Å². The second-order valence-corrected chi connectivity index (χ2v) is 6.79. The van der Waals surface area contributed by atoms with Crippen molar-refractivity contribution in [1.29, 1.82) is 0 Å². The highest BCUT2D eigenvalue weighted by Gasteiger charge is 2.15. The summed E-state index contributed by atoms with van der Waals surface area (Å²) in [5, 5.41) is 2.96. The van der Waals surface area contributed by atoms with Crippen LogP contribution >= 0.6 is 0 Å². The normalized spacial score (nSPS) is 12.1. The van der Waals surface area contributed by atoms with Crippen LogP contribution in [0.3, 0.4) is 0 Å². The third-order valence-corrected chi connectivity index (χ3v) is 4.44. The Hall–Kier alpha value is -2.24. The first-order valence-corrected chi connectivity index (χ1v) is 9.36. The van der Waals surface area contributed by atoms with Crippen molar-refractivity contribution in [3.63, 3.8) is 0 Å². The van der Waals surface area contributed by atoms with Crippen molar-refractivity contribution >= 4 is 5.91 Å². The minimum Gasteiger partial charge on any atom is -0.381 e. The molecule has 0 heterocycles. The molecule has 4 nitrogen and oxygen atoms in total. The van der Waals surface area contributed by atoms with E-state index in [9.17, 15) is 9.18 Å². The molecular formula is C22H29FN2O2. The Kier molecular flexibility index (Phi) is 8.95. The first kappa shape index (κ1) is 21.1. The topological polar surface area (TPSA) is 41.6 Å². The molecule has 0 aromatic heterocycles. The van der Waals surface area contributed by atoms with Gasteiger partial charge in [-0.25, -0.2) is 4.39 Å². The predicted octanol–water partition coefficient (Wildman–Crippen LogP) is 3.58. The molecule has 2 rings (SSSR count). The highest BCUT2D eigenvalue weighted by Crippen LogP contribution is 2.17. The molecule has 0 aliphatic rings. The quantitative estimate of drug-likeness (QED) is 0.613. The van der Waals surface area contributed by atoms with Gasteiger partial charge in [-0.1, -0.05) is 42.5 Å². The van der Waals surface area contributed by atoms with E-state index in [0.717, 1.165) is 12.0 Å². The number of nitrogens with one attached hydrogen (secondary N) is 1. The summed E-state index contributed by atoms with van der Waals surface area (Å²) in [6, 6.07) is 16.6. The van der Waals surface area contributed by atoms with Crippen LogP contribution in [0.5, 0.6) is 0 Å². The molecule has 1 N–H and O–H groups in total. The minimum atomic E-state index is -0.257. The molecule has 0 aliphatic carbocycles. The molecule has 27 heavy (non-hydrogen) atoms. The molecule has 146 valence electrons. The van der Waals surface area contributed by atoms with Gasteiger partial charge in [-0.15, -0.1) is 0 Å². The fraction of sp³-hybridized carbons (Fsp3) is 0.409. The Morgan fingerprint density at radius 3 is 2.44 bits per heavy atom. The molecular weight excluding hydrogens is 343 g/mol. The third kappa shape index (κ3) is 7.89. The molecule has 1 amide bonds. The highest BCUT2D eigenvalue weighted by atomic mass is 19.1. The zero-order valence-electron chi connectivity index (χ0n) is 16.2. The Bertz CT molecular complexity index is 674. The highest BCUT2D eigenvalue weighted by molar-refractivity contribution is 5.75. The maximum absolute atomic E-state index is 13.1. The Labute approximate surface area is 161 Å². The number of likely N-dealkylation sites (N-methyl/N-ethyl adjacent to an activating group) is 1. The molecule has 0 radical (unpaired) electrons. The van der Waals surface area contributed by atoms with Gasteiger partial charge in [0, 0.05) is 19.6 Å². The molecule has 5 heteroatoms. The number of nitrogens with zero attached hydrogens (tertiary/aromatic N) is 1. The van der Waals surface area contributed by atoms with Gasteiger partial charge in [0.15, 0.2) is 0 Å². The van der Waals surface area contributed by atoms with Gasteiger partial charge in [0.2, 0.25) is 5.91 Å². The van der Waals surface area contributed by atoms with Crippen LogP contribution in [0, 0.1) is 5.82 Å². The van der Waals surface area contributed by atoms with Gasteiger partial charge in [0.1, 0.15) is 5.82 Å². The van der Waals surface area contributed by atoms with E-state index in [4.69, 9.17) is 4.74 Å². The van der Waals surface area contributed by atoms with Crippen LogP contribution in [0.1, 0.15) is 30.0 Å². The predicted molar refractivity (Wildman–Crippen MR) is 106 cm³/mol. The summed E-state index contributed by atoms with van der Waals surface area (Å²) in [4.78, 5) is 14.1. The number of hydrogen-bond donors (Lipinski definition) is 1. The minimum absolute atomic E-state index is 0.00983. The van der Waals surface area contributed by atoms with Gasteiger partial charge in [-0.2, -0.15) is 0 Å². The number of carbonyl (C=O) groups is 1. The van der Waals surface area contributed by atoms with Crippen molar-refractivity contribution in [2.24, 2.45) is 0 Å². The number of amides is 1. The maximum Gasteiger partial charge on any atom is 0.220 e. The van der Waals surface area contributed by atoms with Gasteiger partial charge in [0.05, 0.1) is 12.6 Å². The fourth-order valence-corrected chi connectivity index (χ4v) is 2.85. The fourth-order valence-electron chi connectivity index (χ4n) is 2.85. The van der Waals surface area contributed by atoms with Gasteiger partial charge in [0.25, 0.3) is 0 Å². The average Bonchev–Trinajstić information content (AvgIpc) is 2.66. The largest absolute Gasteiger partial charge is 0.381 e. The van der Waals surface area contributed by atoms with Crippen LogP contribution in [0.4, 0.5) is 4.39 Å². The van der Waals surface area contributed by atoms with Crippen molar-refractivity contribution in [3.8, 4) is 0 Å². The van der Waals surface area contributed by atoms with E-state index in [0.29, 0.717) is 32.6 Å². The Morgan fingerprint density at radius 2 is 1.78 bits per heavy atom. The summed E-state index contributed by atoms with van der Waals surface area (Å²) < 4.78 is 18.7. The van der Waals surface area contributed by atoms with Gasteiger partial charge in [-0.05, 0) is 50.2 Å². The summed E-state index contributed by atoms with van der Waals surface area (Å²) in [6.07, 6.45) is 2.02. The van der Waals surface area contributed by atoms with E-state index < -0.39 is 0 Å². The van der Waals surface area contributed by atoms with Crippen molar-refractivity contribution in [3.05, 3.63) is 71.5 Å². The second kappa shape index (κ2) is 11.5. The number of carbonyl (C=O) groups excluding carboxylic acids is 1. The lowest BCUT2D eigenvalue weighted by Crippen LogP contribution is -2.34. The lowest BCUT2D eigenvalue weighted by molar-refractivity contribution is -0.121. The second-order valence-electron chi connectivity index (χ2n) is 6.79. The molecule has 0 fully saturated rings. The monoisotopic (exact) mass is 372 g/mol. The summed E-state index contributed by atoms with van der Waals surface area (Å²) >= 11 is 0. The third-order valence-electron chi connectivity index (χ3n) is 4.44. The lowest BCUT2D eigenvalue weighted by atomic mass is 10.1. The molecule has 2 aromatic carbocycles.